The first-order valence-corrected chi connectivity index (χ1v) is 7.30. The molecule has 1 saturated carbocycles. The first kappa shape index (κ1) is 15.3. The summed E-state index contributed by atoms with van der Waals surface area (Å²) in [5.41, 5.74) is 6.44. The number of anilines is 1. The SMILES string of the molecule is Cc1ccc(NC(=O)C2(/C(N)=N/O)CCCCCC2)cn1. The highest BCUT2D eigenvalue weighted by molar-refractivity contribution is 6.11. The largest absolute Gasteiger partial charge is 0.409 e. The zero-order chi connectivity index (χ0) is 15.3. The van der Waals surface area contributed by atoms with Crippen molar-refractivity contribution in [1.82, 2.24) is 4.98 Å². The first-order valence-electron chi connectivity index (χ1n) is 7.30. The van der Waals surface area contributed by atoms with Crippen molar-refractivity contribution < 1.29 is 10.0 Å². The lowest BCUT2D eigenvalue weighted by atomic mass is 9.78. The van der Waals surface area contributed by atoms with Crippen LogP contribution < -0.4 is 11.1 Å². The van der Waals surface area contributed by atoms with Gasteiger partial charge in [0.25, 0.3) is 0 Å². The predicted molar refractivity (Wildman–Crippen MR) is 81.1 cm³/mol. The number of hydrogen-bond acceptors (Lipinski definition) is 4. The van der Waals surface area contributed by atoms with Gasteiger partial charge in [-0.05, 0) is 31.9 Å². The molecule has 1 aliphatic rings. The monoisotopic (exact) mass is 290 g/mol. The Kier molecular flexibility index (Phi) is 4.77. The molecule has 0 saturated heterocycles. The lowest BCUT2D eigenvalue weighted by molar-refractivity contribution is -0.123. The lowest BCUT2D eigenvalue weighted by Gasteiger charge is -2.29. The highest BCUT2D eigenvalue weighted by Crippen LogP contribution is 2.36. The quantitative estimate of drug-likeness (QED) is 0.261. The second kappa shape index (κ2) is 6.56. The van der Waals surface area contributed by atoms with Crippen LogP contribution in [0.25, 0.3) is 0 Å². The van der Waals surface area contributed by atoms with Gasteiger partial charge in [0, 0.05) is 5.69 Å². The van der Waals surface area contributed by atoms with Crippen LogP contribution in [0, 0.1) is 12.3 Å². The number of aromatic nitrogens is 1. The molecule has 1 aliphatic carbocycles. The molecule has 1 aromatic heterocycles. The van der Waals surface area contributed by atoms with E-state index in [1.807, 2.05) is 13.0 Å². The number of nitrogens with one attached hydrogen (secondary N) is 1. The van der Waals surface area contributed by atoms with Crippen molar-refractivity contribution in [3.05, 3.63) is 24.0 Å². The van der Waals surface area contributed by atoms with Crippen molar-refractivity contribution in [1.29, 1.82) is 0 Å². The maximum Gasteiger partial charge on any atom is 0.238 e. The second-order valence-corrected chi connectivity index (χ2v) is 5.62. The molecule has 114 valence electrons. The van der Waals surface area contributed by atoms with Crippen molar-refractivity contribution in [2.75, 3.05) is 5.32 Å². The number of carbonyl (C=O) groups is 1. The van der Waals surface area contributed by atoms with Crippen molar-refractivity contribution >= 4 is 17.4 Å². The van der Waals surface area contributed by atoms with Crippen molar-refractivity contribution in [3.63, 3.8) is 0 Å². The van der Waals surface area contributed by atoms with Gasteiger partial charge in [-0.25, -0.2) is 0 Å². The van der Waals surface area contributed by atoms with E-state index in [0.717, 1.165) is 31.4 Å². The Bertz CT molecular complexity index is 517. The molecule has 1 fully saturated rings. The third-order valence-electron chi connectivity index (χ3n) is 4.16. The summed E-state index contributed by atoms with van der Waals surface area (Å²) in [6.07, 6.45) is 6.76. The molecule has 0 spiro atoms. The average Bonchev–Trinajstić information content (AvgIpc) is 2.75. The standard InChI is InChI=1S/C15H22N4O2/c1-11-6-7-12(10-17-11)18-14(20)15(13(16)19-21)8-4-2-3-5-9-15/h6-7,10,21H,2-5,8-9H2,1H3,(H2,16,19)(H,18,20). The summed E-state index contributed by atoms with van der Waals surface area (Å²) >= 11 is 0. The Labute approximate surface area is 124 Å². The number of oxime groups is 1. The van der Waals surface area contributed by atoms with Crippen molar-refractivity contribution in [2.24, 2.45) is 16.3 Å². The van der Waals surface area contributed by atoms with Crippen LogP contribution in [0.1, 0.15) is 44.2 Å². The Hall–Kier alpha value is -2.11. The predicted octanol–water partition coefficient (Wildman–Crippen LogP) is 2.42. The maximum absolute atomic E-state index is 12.7. The fourth-order valence-electron chi connectivity index (χ4n) is 2.82. The molecular weight excluding hydrogens is 268 g/mol. The van der Waals surface area contributed by atoms with Crippen LogP contribution in [-0.4, -0.2) is 21.9 Å². The number of aryl methyl sites for hydroxylation is 1. The van der Waals surface area contributed by atoms with E-state index < -0.39 is 5.41 Å². The normalized spacial score (nSPS) is 18.8. The minimum absolute atomic E-state index is 0.00182. The lowest BCUT2D eigenvalue weighted by Crippen LogP contribution is -2.46. The van der Waals surface area contributed by atoms with Gasteiger partial charge in [-0.15, -0.1) is 0 Å². The molecule has 0 bridgehead atoms. The molecule has 1 heterocycles. The fraction of sp³-hybridized carbons (Fsp3) is 0.533. The topological polar surface area (TPSA) is 101 Å². The molecule has 0 radical (unpaired) electrons. The Balaban J connectivity index is 2.23. The molecule has 2 rings (SSSR count). The van der Waals surface area contributed by atoms with Gasteiger partial charge in [-0.3, -0.25) is 9.78 Å². The van der Waals surface area contributed by atoms with E-state index in [0.29, 0.717) is 18.5 Å². The summed E-state index contributed by atoms with van der Waals surface area (Å²) in [6.45, 7) is 1.88. The van der Waals surface area contributed by atoms with Gasteiger partial charge in [0.15, 0.2) is 5.84 Å². The van der Waals surface area contributed by atoms with E-state index in [9.17, 15) is 4.79 Å². The third-order valence-corrected chi connectivity index (χ3v) is 4.16. The molecule has 6 nitrogen and oxygen atoms in total. The third kappa shape index (κ3) is 3.32. The van der Waals surface area contributed by atoms with Crippen LogP contribution >= 0.6 is 0 Å². The van der Waals surface area contributed by atoms with Gasteiger partial charge in [0.05, 0.1) is 11.9 Å². The van der Waals surface area contributed by atoms with E-state index >= 15 is 0 Å². The van der Waals surface area contributed by atoms with E-state index in [2.05, 4.69) is 15.5 Å². The number of amides is 1. The zero-order valence-corrected chi connectivity index (χ0v) is 12.3. The van der Waals surface area contributed by atoms with Gasteiger partial charge < -0.3 is 16.3 Å². The van der Waals surface area contributed by atoms with Gasteiger partial charge >= 0.3 is 0 Å². The number of carbonyl (C=O) groups excluding carboxylic acids is 1. The zero-order valence-electron chi connectivity index (χ0n) is 12.3. The second-order valence-electron chi connectivity index (χ2n) is 5.62. The molecule has 1 aromatic rings. The van der Waals surface area contributed by atoms with Crippen molar-refractivity contribution in [3.8, 4) is 0 Å². The van der Waals surface area contributed by atoms with E-state index in [4.69, 9.17) is 10.9 Å². The highest BCUT2D eigenvalue weighted by atomic mass is 16.4. The van der Waals surface area contributed by atoms with Gasteiger partial charge in [0.1, 0.15) is 5.41 Å². The molecule has 6 heteroatoms. The number of rotatable bonds is 3. The van der Waals surface area contributed by atoms with Crippen LogP contribution in [0.3, 0.4) is 0 Å². The summed E-state index contributed by atoms with van der Waals surface area (Å²) in [4.78, 5) is 16.9. The van der Waals surface area contributed by atoms with E-state index in [1.165, 1.54) is 0 Å². The minimum atomic E-state index is -0.920. The smallest absolute Gasteiger partial charge is 0.238 e. The minimum Gasteiger partial charge on any atom is -0.409 e. The van der Waals surface area contributed by atoms with Gasteiger partial charge in [-0.1, -0.05) is 30.8 Å². The van der Waals surface area contributed by atoms with Gasteiger partial charge in [-0.2, -0.15) is 0 Å². The number of amidine groups is 1. The summed E-state index contributed by atoms with van der Waals surface area (Å²) in [5, 5.41) is 15.0. The molecule has 21 heavy (non-hydrogen) atoms. The average molecular weight is 290 g/mol. The highest BCUT2D eigenvalue weighted by Gasteiger charge is 2.43. The van der Waals surface area contributed by atoms with Crippen LogP contribution in [0.2, 0.25) is 0 Å². The molecule has 0 atom stereocenters. The molecule has 4 N–H and O–H groups in total. The van der Waals surface area contributed by atoms with E-state index in [1.54, 1.807) is 12.3 Å². The number of hydrogen-bond donors (Lipinski definition) is 3. The number of nitrogens with zero attached hydrogens (tertiary/aromatic N) is 2. The summed E-state index contributed by atoms with van der Waals surface area (Å²) in [6, 6.07) is 3.63. The number of pyridine rings is 1. The molecule has 0 aromatic carbocycles. The fourth-order valence-corrected chi connectivity index (χ4v) is 2.82. The van der Waals surface area contributed by atoms with Crippen LogP contribution in [0.5, 0.6) is 0 Å². The van der Waals surface area contributed by atoms with Gasteiger partial charge in [0.2, 0.25) is 5.91 Å². The number of nitrogens with two attached hydrogens (primary N) is 1. The maximum atomic E-state index is 12.7. The summed E-state index contributed by atoms with van der Waals surface area (Å²) < 4.78 is 0. The van der Waals surface area contributed by atoms with Crippen LogP contribution in [-0.2, 0) is 4.79 Å². The molecule has 0 aliphatic heterocycles. The van der Waals surface area contributed by atoms with E-state index in [-0.39, 0.29) is 11.7 Å². The first-order chi connectivity index (χ1) is 10.1. The molecular formula is C15H22N4O2. The Morgan fingerprint density at radius 3 is 2.52 bits per heavy atom. The summed E-state index contributed by atoms with van der Waals surface area (Å²) in [7, 11) is 0. The Morgan fingerprint density at radius 1 is 1.33 bits per heavy atom. The Morgan fingerprint density at radius 2 is 2.00 bits per heavy atom. The molecule has 0 unspecified atom stereocenters. The van der Waals surface area contributed by atoms with Crippen LogP contribution in [0.4, 0.5) is 5.69 Å². The summed E-state index contributed by atoms with van der Waals surface area (Å²) in [5.74, 6) is -0.215. The van der Waals surface area contributed by atoms with Crippen molar-refractivity contribution in [2.45, 2.75) is 45.4 Å². The molecule has 1 amide bonds. The van der Waals surface area contributed by atoms with Crippen LogP contribution in [0.15, 0.2) is 23.5 Å².